The first kappa shape index (κ1) is 20.4. The summed E-state index contributed by atoms with van der Waals surface area (Å²) in [6.45, 7) is 1.16. The number of halogens is 3. The molecule has 2 N–H and O–H groups in total. The molecule has 154 valence electrons. The van der Waals surface area contributed by atoms with Crippen LogP contribution in [0.4, 0.5) is 13.2 Å². The molecule has 0 bridgehead atoms. The van der Waals surface area contributed by atoms with Crippen LogP contribution in [0.25, 0.3) is 0 Å². The van der Waals surface area contributed by atoms with Crippen molar-refractivity contribution in [3.63, 3.8) is 0 Å². The summed E-state index contributed by atoms with van der Waals surface area (Å²) in [5.41, 5.74) is 0.217. The van der Waals surface area contributed by atoms with Crippen LogP contribution in [0.15, 0.2) is 24.3 Å². The molecule has 0 spiro atoms. The number of nitrogens with zero attached hydrogens (tertiary/aromatic N) is 1. The number of rotatable bonds is 6. The van der Waals surface area contributed by atoms with Gasteiger partial charge in [-0.15, -0.1) is 13.2 Å². The average molecular weight is 399 g/mol. The van der Waals surface area contributed by atoms with E-state index in [0.29, 0.717) is 19.1 Å². The zero-order chi connectivity index (χ0) is 20.1. The Bertz CT molecular complexity index is 705. The molecule has 1 aliphatic heterocycles. The summed E-state index contributed by atoms with van der Waals surface area (Å²) in [4.78, 5) is 26.8. The van der Waals surface area contributed by atoms with Gasteiger partial charge in [-0.1, -0.05) is 31.0 Å². The van der Waals surface area contributed by atoms with Crippen molar-refractivity contribution in [3.05, 3.63) is 29.8 Å². The fourth-order valence-electron chi connectivity index (χ4n) is 3.93. The second-order valence-corrected chi connectivity index (χ2v) is 7.12. The van der Waals surface area contributed by atoms with Crippen LogP contribution in [0.3, 0.4) is 0 Å². The van der Waals surface area contributed by atoms with Crippen molar-refractivity contribution in [1.29, 1.82) is 0 Å². The lowest BCUT2D eigenvalue weighted by Gasteiger charge is -2.38. The van der Waals surface area contributed by atoms with E-state index in [2.05, 4.69) is 20.3 Å². The number of carbonyl (C=O) groups excluding carboxylic acids is 2. The molecule has 28 heavy (non-hydrogen) atoms. The van der Waals surface area contributed by atoms with Gasteiger partial charge in [0.15, 0.2) is 0 Å². The second kappa shape index (κ2) is 8.81. The Morgan fingerprint density at radius 2 is 1.96 bits per heavy atom. The van der Waals surface area contributed by atoms with E-state index in [1.165, 1.54) is 18.2 Å². The van der Waals surface area contributed by atoms with Crippen molar-refractivity contribution in [2.24, 2.45) is 0 Å². The highest BCUT2D eigenvalue weighted by atomic mass is 19.4. The Hall–Kier alpha value is -2.29. The van der Waals surface area contributed by atoms with E-state index in [1.54, 1.807) is 6.07 Å². The number of para-hydroxylation sites is 1. The van der Waals surface area contributed by atoms with Crippen molar-refractivity contribution in [2.75, 3.05) is 13.1 Å². The topological polar surface area (TPSA) is 70.7 Å². The average Bonchev–Trinajstić information content (AvgIpc) is 3.16. The maximum Gasteiger partial charge on any atom is 0.573 e. The lowest BCUT2D eigenvalue weighted by atomic mass is 10.0. The van der Waals surface area contributed by atoms with Gasteiger partial charge in [0.1, 0.15) is 5.75 Å². The highest BCUT2D eigenvalue weighted by molar-refractivity contribution is 5.88. The largest absolute Gasteiger partial charge is 0.573 e. The summed E-state index contributed by atoms with van der Waals surface area (Å²) in [6.07, 6.45) is -0.538. The molecule has 2 aliphatic rings. The molecule has 0 aromatic heterocycles. The number of hydrogen-bond donors (Lipinski definition) is 2. The van der Waals surface area contributed by atoms with Crippen LogP contribution in [0.2, 0.25) is 0 Å². The van der Waals surface area contributed by atoms with Crippen LogP contribution in [-0.2, 0) is 16.1 Å². The van der Waals surface area contributed by atoms with Crippen molar-refractivity contribution in [1.82, 2.24) is 15.5 Å². The zero-order valence-corrected chi connectivity index (χ0v) is 15.4. The lowest BCUT2D eigenvalue weighted by Crippen LogP contribution is -2.59. The lowest BCUT2D eigenvalue weighted by molar-refractivity contribution is -0.274. The van der Waals surface area contributed by atoms with Gasteiger partial charge < -0.3 is 15.4 Å². The Morgan fingerprint density at radius 1 is 1.25 bits per heavy atom. The fraction of sp³-hybridized carbons (Fsp3) is 0.579. The number of nitrogens with one attached hydrogen (secondary N) is 2. The van der Waals surface area contributed by atoms with Gasteiger partial charge >= 0.3 is 6.36 Å². The minimum absolute atomic E-state index is 0.0232. The summed E-state index contributed by atoms with van der Waals surface area (Å²) in [6, 6.07) is 5.42. The van der Waals surface area contributed by atoms with E-state index in [4.69, 9.17) is 0 Å². The van der Waals surface area contributed by atoms with Gasteiger partial charge in [-0.2, -0.15) is 0 Å². The van der Waals surface area contributed by atoms with Crippen LogP contribution in [-0.4, -0.2) is 48.2 Å². The van der Waals surface area contributed by atoms with Crippen molar-refractivity contribution < 1.29 is 27.5 Å². The van der Waals surface area contributed by atoms with Gasteiger partial charge in [0.05, 0.1) is 12.5 Å². The number of carbonyl (C=O) groups is 2. The minimum atomic E-state index is -4.80. The van der Waals surface area contributed by atoms with Crippen LogP contribution >= 0.6 is 0 Å². The number of hydrogen-bond acceptors (Lipinski definition) is 4. The molecule has 6 nitrogen and oxygen atoms in total. The molecule has 3 rings (SSSR count). The van der Waals surface area contributed by atoms with Crippen LogP contribution in [0, 0.1) is 0 Å². The summed E-state index contributed by atoms with van der Waals surface area (Å²) >= 11 is 0. The van der Waals surface area contributed by atoms with Gasteiger partial charge in [0, 0.05) is 31.2 Å². The molecule has 2 amide bonds. The SMILES string of the molecule is O=C(CC1C(=O)NCCN1C1CCCC1)NCc1ccccc1OC(F)(F)F. The minimum Gasteiger partial charge on any atom is -0.405 e. The second-order valence-electron chi connectivity index (χ2n) is 7.12. The van der Waals surface area contributed by atoms with Crippen molar-refractivity contribution in [2.45, 2.75) is 57.1 Å². The molecule has 1 aromatic carbocycles. The zero-order valence-electron chi connectivity index (χ0n) is 15.4. The first-order valence-electron chi connectivity index (χ1n) is 9.47. The van der Waals surface area contributed by atoms with Gasteiger partial charge in [-0.25, -0.2) is 0 Å². The predicted octanol–water partition coefficient (Wildman–Crippen LogP) is 2.33. The maximum absolute atomic E-state index is 12.5. The molecule has 1 heterocycles. The van der Waals surface area contributed by atoms with Crippen molar-refractivity contribution in [3.8, 4) is 5.75 Å². The quantitative estimate of drug-likeness (QED) is 0.770. The third-order valence-corrected chi connectivity index (χ3v) is 5.22. The summed E-state index contributed by atoms with van der Waals surface area (Å²) in [5.74, 6) is -0.903. The van der Waals surface area contributed by atoms with Gasteiger partial charge in [0.25, 0.3) is 0 Å². The van der Waals surface area contributed by atoms with Crippen molar-refractivity contribution >= 4 is 11.8 Å². The van der Waals surface area contributed by atoms with Gasteiger partial charge in [-0.3, -0.25) is 14.5 Å². The van der Waals surface area contributed by atoms with Gasteiger partial charge in [-0.05, 0) is 18.9 Å². The molecular formula is C19H24F3N3O3. The first-order valence-corrected chi connectivity index (χ1v) is 9.47. The molecule has 1 saturated carbocycles. The van der Waals surface area contributed by atoms with E-state index >= 15 is 0 Å². The fourth-order valence-corrected chi connectivity index (χ4v) is 3.93. The number of amides is 2. The monoisotopic (exact) mass is 399 g/mol. The smallest absolute Gasteiger partial charge is 0.405 e. The Labute approximate surface area is 161 Å². The molecule has 9 heteroatoms. The van der Waals surface area contributed by atoms with E-state index in [9.17, 15) is 22.8 Å². The Kier molecular flexibility index (Phi) is 6.43. The van der Waals surface area contributed by atoms with Crippen LogP contribution in [0.1, 0.15) is 37.7 Å². The normalized spacial score (nSPS) is 21.4. The number of piperazine rings is 1. The number of alkyl halides is 3. The molecule has 2 fully saturated rings. The number of ether oxygens (including phenoxy) is 1. The molecule has 1 saturated heterocycles. The van der Waals surface area contributed by atoms with E-state index in [1.807, 2.05) is 0 Å². The highest BCUT2D eigenvalue weighted by Gasteiger charge is 2.37. The van der Waals surface area contributed by atoms with E-state index in [0.717, 1.165) is 25.7 Å². The summed E-state index contributed by atoms with van der Waals surface area (Å²) in [5, 5.41) is 5.41. The first-order chi connectivity index (χ1) is 13.3. The molecule has 1 aliphatic carbocycles. The molecule has 1 atom stereocenters. The molecule has 1 unspecified atom stereocenters. The highest BCUT2D eigenvalue weighted by Crippen LogP contribution is 2.28. The third kappa shape index (κ3) is 5.37. The molecule has 0 radical (unpaired) electrons. The maximum atomic E-state index is 12.5. The Morgan fingerprint density at radius 3 is 2.68 bits per heavy atom. The van der Waals surface area contributed by atoms with Crippen LogP contribution < -0.4 is 15.4 Å². The van der Waals surface area contributed by atoms with Gasteiger partial charge in [0.2, 0.25) is 11.8 Å². The van der Waals surface area contributed by atoms with E-state index < -0.39 is 12.4 Å². The molecular weight excluding hydrogens is 375 g/mol. The third-order valence-electron chi connectivity index (χ3n) is 5.22. The molecule has 1 aromatic rings. The van der Waals surface area contributed by atoms with Crippen LogP contribution in [0.5, 0.6) is 5.75 Å². The summed E-state index contributed by atoms with van der Waals surface area (Å²) < 4.78 is 41.5. The predicted molar refractivity (Wildman–Crippen MR) is 95.3 cm³/mol. The van der Waals surface area contributed by atoms with E-state index in [-0.39, 0.29) is 36.1 Å². The summed E-state index contributed by atoms with van der Waals surface area (Å²) in [7, 11) is 0. The Balaban J connectivity index is 1.60. The standard InChI is InChI=1S/C19H24F3N3O3/c20-19(21,22)28-16-8-4-1-5-13(16)12-24-17(26)11-15-18(27)23-9-10-25(15)14-6-2-3-7-14/h1,4-5,8,14-15H,2-3,6-7,9-12H2,(H,23,27)(H,24,26). The number of benzene rings is 1.